The molecule has 1 aromatic heterocycles. The molecule has 1 fully saturated rings. The average molecular weight is 397 g/mol. The van der Waals surface area contributed by atoms with E-state index in [1.807, 2.05) is 0 Å². The van der Waals surface area contributed by atoms with Crippen molar-refractivity contribution >= 4 is 35.4 Å². The second-order valence-electron chi connectivity index (χ2n) is 6.12. The van der Waals surface area contributed by atoms with Gasteiger partial charge in [-0.25, -0.2) is 4.79 Å². The first-order valence-electron chi connectivity index (χ1n) is 8.55. The number of aromatic nitrogens is 1. The van der Waals surface area contributed by atoms with Crippen molar-refractivity contribution in [2.24, 2.45) is 0 Å². The fourth-order valence-electron chi connectivity index (χ4n) is 2.57. The van der Waals surface area contributed by atoms with Gasteiger partial charge in [0.1, 0.15) is 12.2 Å². The van der Waals surface area contributed by atoms with E-state index in [4.69, 9.17) is 16.3 Å². The third kappa shape index (κ3) is 6.86. The zero-order valence-electron chi connectivity index (χ0n) is 14.8. The van der Waals surface area contributed by atoms with Crippen LogP contribution >= 0.6 is 11.6 Å². The molecule has 1 saturated carbocycles. The standard InChI is InChI=1S/C17H21ClN4O5/c1-10(15(24)22-17(26)21-12-4-2-3-5-12)27-14(23)9-20-16(25)13-8-11(18)6-7-19-13/h6-8,10,12H,2-5,9H2,1H3,(H,20,25)(H2,21,22,24,26)/t10-/m1/s1. The monoisotopic (exact) mass is 396 g/mol. The van der Waals surface area contributed by atoms with Gasteiger partial charge in [0.2, 0.25) is 0 Å². The first-order chi connectivity index (χ1) is 12.8. The van der Waals surface area contributed by atoms with Crippen molar-refractivity contribution in [3.8, 4) is 0 Å². The van der Waals surface area contributed by atoms with Crippen LogP contribution in [0.2, 0.25) is 5.02 Å². The maximum atomic E-state index is 11.9. The molecule has 27 heavy (non-hydrogen) atoms. The summed E-state index contributed by atoms with van der Waals surface area (Å²) in [6.45, 7) is 0.870. The van der Waals surface area contributed by atoms with Gasteiger partial charge in [0, 0.05) is 17.3 Å². The van der Waals surface area contributed by atoms with Crippen LogP contribution in [0.3, 0.4) is 0 Å². The number of ether oxygens (including phenoxy) is 1. The number of nitrogens with one attached hydrogen (secondary N) is 3. The van der Waals surface area contributed by atoms with Crippen molar-refractivity contribution in [1.82, 2.24) is 20.9 Å². The van der Waals surface area contributed by atoms with Crippen LogP contribution in [-0.4, -0.2) is 47.5 Å². The zero-order chi connectivity index (χ0) is 19.8. The lowest BCUT2D eigenvalue weighted by Crippen LogP contribution is -2.47. The summed E-state index contributed by atoms with van der Waals surface area (Å²) in [6, 6.07) is 2.30. The van der Waals surface area contributed by atoms with Crippen LogP contribution in [0.4, 0.5) is 4.79 Å². The fraction of sp³-hybridized carbons (Fsp3) is 0.471. The van der Waals surface area contributed by atoms with E-state index < -0.39 is 36.5 Å². The van der Waals surface area contributed by atoms with Crippen LogP contribution in [0.1, 0.15) is 43.1 Å². The van der Waals surface area contributed by atoms with Crippen molar-refractivity contribution in [2.45, 2.75) is 44.8 Å². The number of nitrogens with zero attached hydrogens (tertiary/aromatic N) is 1. The minimum Gasteiger partial charge on any atom is -0.451 e. The number of imide groups is 1. The molecule has 0 unspecified atom stereocenters. The number of carbonyl (C=O) groups is 4. The maximum Gasteiger partial charge on any atom is 0.326 e. The molecule has 0 saturated heterocycles. The third-order valence-electron chi connectivity index (χ3n) is 3.95. The lowest BCUT2D eigenvalue weighted by molar-refractivity contribution is -0.153. The van der Waals surface area contributed by atoms with Crippen LogP contribution in [0.15, 0.2) is 18.3 Å². The third-order valence-corrected chi connectivity index (χ3v) is 4.19. The lowest BCUT2D eigenvalue weighted by atomic mass is 10.2. The Morgan fingerprint density at radius 1 is 1.30 bits per heavy atom. The van der Waals surface area contributed by atoms with Crippen LogP contribution in [0, 0.1) is 0 Å². The van der Waals surface area contributed by atoms with E-state index in [0.717, 1.165) is 25.7 Å². The zero-order valence-corrected chi connectivity index (χ0v) is 15.5. The molecular weight excluding hydrogens is 376 g/mol. The summed E-state index contributed by atoms with van der Waals surface area (Å²) in [5.74, 6) is -2.19. The summed E-state index contributed by atoms with van der Waals surface area (Å²) >= 11 is 5.76. The smallest absolute Gasteiger partial charge is 0.326 e. The quantitative estimate of drug-likeness (QED) is 0.619. The van der Waals surface area contributed by atoms with E-state index in [2.05, 4.69) is 20.9 Å². The minimum atomic E-state index is -1.19. The minimum absolute atomic E-state index is 0.0460. The Kier molecular flexibility index (Phi) is 7.54. The van der Waals surface area contributed by atoms with Gasteiger partial charge in [0.25, 0.3) is 11.8 Å². The molecule has 1 atom stereocenters. The van der Waals surface area contributed by atoms with Crippen molar-refractivity contribution < 1.29 is 23.9 Å². The number of amides is 4. The Labute approximate surface area is 161 Å². The van der Waals surface area contributed by atoms with Crippen LogP contribution in [0.25, 0.3) is 0 Å². The molecule has 0 bridgehead atoms. The fourth-order valence-corrected chi connectivity index (χ4v) is 2.73. The Balaban J connectivity index is 1.71. The predicted molar refractivity (Wildman–Crippen MR) is 96.1 cm³/mol. The number of urea groups is 1. The van der Waals surface area contributed by atoms with Crippen LogP contribution in [0.5, 0.6) is 0 Å². The molecule has 9 nitrogen and oxygen atoms in total. The highest BCUT2D eigenvalue weighted by Gasteiger charge is 2.23. The SMILES string of the molecule is C[C@@H](OC(=O)CNC(=O)c1cc(Cl)ccn1)C(=O)NC(=O)NC1CCCC1. The first-order valence-corrected chi connectivity index (χ1v) is 8.93. The lowest BCUT2D eigenvalue weighted by Gasteiger charge is -2.15. The van der Waals surface area contributed by atoms with E-state index in [9.17, 15) is 19.2 Å². The maximum absolute atomic E-state index is 11.9. The Bertz CT molecular complexity index is 721. The molecule has 0 aliphatic heterocycles. The normalized spacial score (nSPS) is 14.9. The van der Waals surface area contributed by atoms with E-state index in [0.29, 0.717) is 5.02 Å². The second kappa shape index (κ2) is 9.86. The molecule has 1 aromatic rings. The van der Waals surface area contributed by atoms with Gasteiger partial charge in [-0.15, -0.1) is 0 Å². The summed E-state index contributed by atoms with van der Waals surface area (Å²) < 4.78 is 4.90. The van der Waals surface area contributed by atoms with Crippen molar-refractivity contribution in [3.05, 3.63) is 29.0 Å². The summed E-state index contributed by atoms with van der Waals surface area (Å²) in [6.07, 6.45) is 4.03. The molecule has 1 aliphatic carbocycles. The number of rotatable bonds is 6. The van der Waals surface area contributed by atoms with Crippen molar-refractivity contribution in [2.75, 3.05) is 6.54 Å². The van der Waals surface area contributed by atoms with Crippen LogP contribution in [-0.2, 0) is 14.3 Å². The van der Waals surface area contributed by atoms with Crippen molar-refractivity contribution in [1.29, 1.82) is 0 Å². The van der Waals surface area contributed by atoms with Gasteiger partial charge >= 0.3 is 12.0 Å². The van der Waals surface area contributed by atoms with E-state index in [1.165, 1.54) is 25.3 Å². The molecule has 1 aliphatic rings. The molecule has 10 heteroatoms. The molecule has 4 amide bonds. The topological polar surface area (TPSA) is 126 Å². The largest absolute Gasteiger partial charge is 0.451 e. The molecule has 0 aromatic carbocycles. The summed E-state index contributed by atoms with van der Waals surface area (Å²) in [5, 5.41) is 7.47. The highest BCUT2D eigenvalue weighted by molar-refractivity contribution is 6.30. The van der Waals surface area contributed by atoms with E-state index in [-0.39, 0.29) is 11.7 Å². The molecule has 3 N–H and O–H groups in total. The van der Waals surface area contributed by atoms with Crippen LogP contribution < -0.4 is 16.0 Å². The first kappa shape index (κ1) is 20.6. The number of hydrogen-bond acceptors (Lipinski definition) is 6. The van der Waals surface area contributed by atoms with Gasteiger partial charge in [0.05, 0.1) is 0 Å². The van der Waals surface area contributed by atoms with E-state index in [1.54, 1.807) is 0 Å². The highest BCUT2D eigenvalue weighted by atomic mass is 35.5. The molecule has 1 heterocycles. The Hall–Kier alpha value is -2.68. The molecule has 0 spiro atoms. The number of carbonyl (C=O) groups excluding carboxylic acids is 4. The van der Waals surface area contributed by atoms with Gasteiger partial charge < -0.3 is 15.4 Å². The Morgan fingerprint density at radius 3 is 2.67 bits per heavy atom. The molecule has 146 valence electrons. The van der Waals surface area contributed by atoms with E-state index >= 15 is 0 Å². The van der Waals surface area contributed by atoms with Gasteiger partial charge in [-0.2, -0.15) is 0 Å². The highest BCUT2D eigenvalue weighted by Crippen LogP contribution is 2.17. The molecule has 0 radical (unpaired) electrons. The summed E-state index contributed by atoms with van der Waals surface area (Å²) in [4.78, 5) is 51.1. The number of pyridine rings is 1. The molecule has 2 rings (SSSR count). The summed E-state index contributed by atoms with van der Waals surface area (Å²) in [5.41, 5.74) is 0.0460. The van der Waals surface area contributed by atoms with Crippen molar-refractivity contribution in [3.63, 3.8) is 0 Å². The summed E-state index contributed by atoms with van der Waals surface area (Å²) in [7, 11) is 0. The number of esters is 1. The average Bonchev–Trinajstić information content (AvgIpc) is 3.12. The van der Waals surface area contributed by atoms with Gasteiger partial charge in [0.15, 0.2) is 6.10 Å². The number of halogens is 1. The predicted octanol–water partition coefficient (Wildman–Crippen LogP) is 1.16. The second-order valence-corrected chi connectivity index (χ2v) is 6.55. The number of hydrogen-bond donors (Lipinski definition) is 3. The Morgan fingerprint density at radius 2 is 2.00 bits per heavy atom. The molecular formula is C17H21ClN4O5. The van der Waals surface area contributed by atoms with Gasteiger partial charge in [-0.05, 0) is 31.9 Å². The van der Waals surface area contributed by atoms with Gasteiger partial charge in [-0.3, -0.25) is 24.7 Å². The van der Waals surface area contributed by atoms with Gasteiger partial charge in [-0.1, -0.05) is 24.4 Å².